The molecule has 0 spiro atoms. The molecule has 0 unspecified atom stereocenters. The lowest BCUT2D eigenvalue weighted by Gasteiger charge is -2.26. The van der Waals surface area contributed by atoms with Gasteiger partial charge in [-0.15, -0.1) is 0 Å². The van der Waals surface area contributed by atoms with Crippen LogP contribution in [-0.2, 0) is 0 Å². The van der Waals surface area contributed by atoms with Gasteiger partial charge in [0, 0.05) is 17.1 Å². The Labute approximate surface area is 266 Å². The highest BCUT2D eigenvalue weighted by molar-refractivity contribution is 5.79. The Kier molecular flexibility index (Phi) is 7.83. The molecule has 45 heavy (non-hydrogen) atoms. The van der Waals surface area contributed by atoms with Crippen LogP contribution in [0.2, 0.25) is 0 Å². The zero-order chi connectivity index (χ0) is 30.6. The highest BCUT2D eigenvalue weighted by Crippen LogP contribution is 2.36. The summed E-state index contributed by atoms with van der Waals surface area (Å²) >= 11 is 0. The number of rotatable bonds is 7. The van der Waals surface area contributed by atoms with Crippen LogP contribution in [0.25, 0.3) is 44.5 Å². The SMILES string of the molecule is Cc1ccc(N(c2ccc(C)cc2)c2ccc(-c3ccc(-c4ccc(-c5ccc(-c6ccccc6)cc5)cc4)cc3)cc2)cc1. The van der Waals surface area contributed by atoms with Crippen molar-refractivity contribution in [3.8, 4) is 44.5 Å². The van der Waals surface area contributed by atoms with Gasteiger partial charge < -0.3 is 4.90 Å². The fourth-order valence-electron chi connectivity index (χ4n) is 5.83. The van der Waals surface area contributed by atoms with Gasteiger partial charge in [0.25, 0.3) is 0 Å². The number of benzene rings is 7. The lowest BCUT2D eigenvalue weighted by molar-refractivity contribution is 1.27. The first-order valence-electron chi connectivity index (χ1n) is 15.5. The van der Waals surface area contributed by atoms with Crippen molar-refractivity contribution in [2.45, 2.75) is 13.8 Å². The smallest absolute Gasteiger partial charge is 0.0462 e. The van der Waals surface area contributed by atoms with Crippen molar-refractivity contribution in [3.63, 3.8) is 0 Å². The normalized spacial score (nSPS) is 10.9. The van der Waals surface area contributed by atoms with E-state index in [2.05, 4.69) is 195 Å². The fourth-order valence-corrected chi connectivity index (χ4v) is 5.83. The van der Waals surface area contributed by atoms with Gasteiger partial charge in [0.1, 0.15) is 0 Å². The molecular weight excluding hydrogens is 542 g/mol. The highest BCUT2D eigenvalue weighted by Gasteiger charge is 2.13. The molecule has 0 aliphatic heterocycles. The average Bonchev–Trinajstić information content (AvgIpc) is 3.11. The standard InChI is InChI=1S/C44H35N/c1-32-8-26-42(27-9-32)45(43-28-10-33(2)11-29-43)44-30-24-41(25-31-44)40-22-20-39(21-23-40)38-18-16-37(17-19-38)36-14-12-35(13-15-36)34-6-4-3-5-7-34/h3-31H,1-2H3. The predicted octanol–water partition coefficient (Wildman–Crippen LogP) is 12.4. The topological polar surface area (TPSA) is 3.24 Å². The van der Waals surface area contributed by atoms with E-state index in [1.165, 1.54) is 55.6 Å². The monoisotopic (exact) mass is 577 g/mol. The molecule has 0 radical (unpaired) electrons. The van der Waals surface area contributed by atoms with E-state index in [4.69, 9.17) is 0 Å². The molecule has 0 heterocycles. The van der Waals surface area contributed by atoms with Crippen LogP contribution in [0.3, 0.4) is 0 Å². The van der Waals surface area contributed by atoms with Crippen molar-refractivity contribution in [3.05, 3.63) is 187 Å². The summed E-state index contributed by atoms with van der Waals surface area (Å²) < 4.78 is 0. The maximum Gasteiger partial charge on any atom is 0.0462 e. The van der Waals surface area contributed by atoms with Crippen LogP contribution in [0.1, 0.15) is 11.1 Å². The molecule has 7 aromatic rings. The van der Waals surface area contributed by atoms with Gasteiger partial charge in [-0.1, -0.05) is 151 Å². The molecular formula is C44H35N. The molecule has 0 aliphatic carbocycles. The van der Waals surface area contributed by atoms with Gasteiger partial charge in [-0.25, -0.2) is 0 Å². The minimum atomic E-state index is 1.14. The van der Waals surface area contributed by atoms with Crippen molar-refractivity contribution < 1.29 is 0 Å². The van der Waals surface area contributed by atoms with Gasteiger partial charge in [0.2, 0.25) is 0 Å². The van der Waals surface area contributed by atoms with Crippen LogP contribution in [-0.4, -0.2) is 0 Å². The van der Waals surface area contributed by atoms with Crippen LogP contribution in [0.5, 0.6) is 0 Å². The van der Waals surface area contributed by atoms with Gasteiger partial charge in [-0.2, -0.15) is 0 Å². The van der Waals surface area contributed by atoms with Crippen LogP contribution >= 0.6 is 0 Å². The van der Waals surface area contributed by atoms with Gasteiger partial charge in [-0.05, 0) is 94.8 Å². The second-order valence-electron chi connectivity index (χ2n) is 11.7. The molecule has 216 valence electrons. The lowest BCUT2D eigenvalue weighted by atomic mass is 9.97. The highest BCUT2D eigenvalue weighted by atomic mass is 15.1. The third-order valence-corrected chi connectivity index (χ3v) is 8.47. The Hall–Kier alpha value is -5.66. The van der Waals surface area contributed by atoms with E-state index in [9.17, 15) is 0 Å². The lowest BCUT2D eigenvalue weighted by Crippen LogP contribution is -2.09. The summed E-state index contributed by atoms with van der Waals surface area (Å²) in [6.45, 7) is 4.25. The van der Waals surface area contributed by atoms with Crippen LogP contribution in [0.15, 0.2) is 176 Å². The van der Waals surface area contributed by atoms with Gasteiger partial charge in [0.05, 0.1) is 0 Å². The van der Waals surface area contributed by atoms with E-state index in [-0.39, 0.29) is 0 Å². The molecule has 0 N–H and O–H groups in total. The van der Waals surface area contributed by atoms with E-state index >= 15 is 0 Å². The van der Waals surface area contributed by atoms with E-state index < -0.39 is 0 Å². The second-order valence-corrected chi connectivity index (χ2v) is 11.7. The number of hydrogen-bond donors (Lipinski definition) is 0. The summed E-state index contributed by atoms with van der Waals surface area (Å²) in [7, 11) is 0. The third kappa shape index (κ3) is 6.20. The number of anilines is 3. The molecule has 1 nitrogen and oxygen atoms in total. The first-order chi connectivity index (χ1) is 22.1. The molecule has 7 rings (SSSR count). The quantitative estimate of drug-likeness (QED) is 0.182. The Morgan fingerprint density at radius 2 is 0.467 bits per heavy atom. The second kappa shape index (κ2) is 12.5. The zero-order valence-electron chi connectivity index (χ0n) is 25.7. The van der Waals surface area contributed by atoms with E-state index in [0.717, 1.165) is 17.1 Å². The first-order valence-corrected chi connectivity index (χ1v) is 15.5. The third-order valence-electron chi connectivity index (χ3n) is 8.47. The van der Waals surface area contributed by atoms with Gasteiger partial charge >= 0.3 is 0 Å². The zero-order valence-corrected chi connectivity index (χ0v) is 25.7. The van der Waals surface area contributed by atoms with Crippen molar-refractivity contribution in [1.82, 2.24) is 0 Å². The molecule has 0 amide bonds. The van der Waals surface area contributed by atoms with Crippen molar-refractivity contribution in [2.24, 2.45) is 0 Å². The maximum absolute atomic E-state index is 2.31. The van der Waals surface area contributed by atoms with Gasteiger partial charge in [0.15, 0.2) is 0 Å². The Morgan fingerprint density at radius 3 is 0.756 bits per heavy atom. The fraction of sp³-hybridized carbons (Fsp3) is 0.0455. The number of hydrogen-bond acceptors (Lipinski definition) is 1. The van der Waals surface area contributed by atoms with Crippen molar-refractivity contribution >= 4 is 17.1 Å². The molecule has 1 heteroatoms. The van der Waals surface area contributed by atoms with Crippen LogP contribution in [0.4, 0.5) is 17.1 Å². The average molecular weight is 578 g/mol. The minimum Gasteiger partial charge on any atom is -0.311 e. The van der Waals surface area contributed by atoms with Crippen LogP contribution in [0, 0.1) is 13.8 Å². The Morgan fingerprint density at radius 1 is 0.244 bits per heavy atom. The molecule has 7 aromatic carbocycles. The molecule has 0 bridgehead atoms. The predicted molar refractivity (Wildman–Crippen MR) is 192 cm³/mol. The van der Waals surface area contributed by atoms with Crippen molar-refractivity contribution in [2.75, 3.05) is 4.90 Å². The summed E-state index contributed by atoms with van der Waals surface area (Å²) in [6, 6.07) is 63.4. The summed E-state index contributed by atoms with van der Waals surface area (Å²) in [5.74, 6) is 0. The summed E-state index contributed by atoms with van der Waals surface area (Å²) in [4.78, 5) is 2.31. The minimum absolute atomic E-state index is 1.14. The summed E-state index contributed by atoms with van der Waals surface area (Å²) in [5, 5.41) is 0. The van der Waals surface area contributed by atoms with E-state index in [1.54, 1.807) is 0 Å². The molecule has 0 saturated heterocycles. The molecule has 0 atom stereocenters. The largest absolute Gasteiger partial charge is 0.311 e. The van der Waals surface area contributed by atoms with Crippen LogP contribution < -0.4 is 4.90 Å². The number of aryl methyl sites for hydroxylation is 2. The van der Waals surface area contributed by atoms with Crippen molar-refractivity contribution in [1.29, 1.82) is 0 Å². The molecule has 0 fully saturated rings. The summed E-state index contributed by atoms with van der Waals surface area (Å²) in [5.41, 5.74) is 15.7. The van der Waals surface area contributed by atoms with Gasteiger partial charge in [-0.3, -0.25) is 0 Å². The molecule has 0 aliphatic rings. The number of nitrogens with zero attached hydrogens (tertiary/aromatic N) is 1. The van der Waals surface area contributed by atoms with E-state index in [1.807, 2.05) is 0 Å². The van der Waals surface area contributed by atoms with E-state index in [0.29, 0.717) is 0 Å². The molecule has 0 saturated carbocycles. The molecule has 0 aromatic heterocycles. The summed E-state index contributed by atoms with van der Waals surface area (Å²) in [6.07, 6.45) is 0. The first kappa shape index (κ1) is 28.1. The maximum atomic E-state index is 2.31. The Balaban J connectivity index is 1.08. The Bertz CT molecular complexity index is 1940.